The average molecular weight is 279 g/mol. The maximum Gasteiger partial charge on any atom is 0.132 e. The van der Waals surface area contributed by atoms with Gasteiger partial charge in [0, 0.05) is 0 Å². The zero-order chi connectivity index (χ0) is 14.0. The topological polar surface area (TPSA) is 30.0 Å². The molecule has 1 aromatic rings. The van der Waals surface area contributed by atoms with Crippen LogP contribution in [0.15, 0.2) is 30.3 Å². The normalized spacial score (nSPS) is 11.2. The fraction of sp³-hybridized carbons (Fsp3) is 0.667. The van der Waals surface area contributed by atoms with E-state index < -0.39 is 0 Å². The summed E-state index contributed by atoms with van der Waals surface area (Å²) in [5.74, 6) is 0. The fourth-order valence-corrected chi connectivity index (χ4v) is 3.16. The quantitative estimate of drug-likeness (QED) is 0.426. The third-order valence-electron chi connectivity index (χ3n) is 4.05. The molecule has 2 heteroatoms. The first kappa shape index (κ1) is 19.1. The summed E-state index contributed by atoms with van der Waals surface area (Å²) in [6, 6.07) is 11.2. The van der Waals surface area contributed by atoms with Crippen LogP contribution in [0, 0.1) is 0 Å². The van der Waals surface area contributed by atoms with Gasteiger partial charge < -0.3 is 5.48 Å². The summed E-state index contributed by atoms with van der Waals surface area (Å²) in [5.41, 5.74) is 1.52. The molecule has 2 nitrogen and oxygen atoms in total. The first-order chi connectivity index (χ1) is 9.29. The first-order valence-corrected chi connectivity index (χ1v) is 8.20. The van der Waals surface area contributed by atoms with Gasteiger partial charge >= 0.3 is 0 Å². The summed E-state index contributed by atoms with van der Waals surface area (Å²) < 4.78 is 1.19. The van der Waals surface area contributed by atoms with Crippen molar-refractivity contribution >= 4 is 5.69 Å². The Morgan fingerprint density at radius 1 is 0.700 bits per heavy atom. The van der Waals surface area contributed by atoms with Crippen LogP contribution in [0.5, 0.6) is 0 Å². The van der Waals surface area contributed by atoms with Gasteiger partial charge in [-0.05, 0) is 37.8 Å². The molecule has 0 unspecified atom stereocenters. The van der Waals surface area contributed by atoms with E-state index in [1.54, 1.807) is 0 Å². The van der Waals surface area contributed by atoms with Crippen molar-refractivity contribution in [3.05, 3.63) is 30.3 Å². The summed E-state index contributed by atoms with van der Waals surface area (Å²) in [5, 5.41) is 0. The Balaban J connectivity index is 0.00000361. The molecule has 1 aromatic carbocycles. The van der Waals surface area contributed by atoms with Gasteiger partial charge in [-0.3, -0.25) is 4.48 Å². The van der Waals surface area contributed by atoms with Crippen molar-refractivity contribution in [2.45, 2.75) is 59.3 Å². The van der Waals surface area contributed by atoms with Crippen LogP contribution in [0.1, 0.15) is 59.3 Å². The predicted molar refractivity (Wildman–Crippen MR) is 89.5 cm³/mol. The predicted octanol–water partition coefficient (Wildman–Crippen LogP) is 5.22. The van der Waals surface area contributed by atoms with Crippen molar-refractivity contribution < 1.29 is 5.48 Å². The second-order valence-corrected chi connectivity index (χ2v) is 5.71. The summed E-state index contributed by atoms with van der Waals surface area (Å²) in [4.78, 5) is 0. The lowest BCUT2D eigenvalue weighted by Crippen LogP contribution is -2.51. The zero-order valence-corrected chi connectivity index (χ0v) is 13.6. The Kier molecular flexibility index (Phi) is 10.4. The molecular weight excluding hydrogens is 246 g/mol. The van der Waals surface area contributed by atoms with E-state index >= 15 is 0 Å². The minimum absolute atomic E-state index is 0. The molecule has 0 bridgehead atoms. The van der Waals surface area contributed by atoms with Gasteiger partial charge in [0.1, 0.15) is 5.69 Å². The van der Waals surface area contributed by atoms with Gasteiger partial charge in [-0.25, -0.2) is 0 Å². The SMILES string of the molecule is CCCCCC[N+](CCC)(CCC)c1ccccc1.[OH-]. The molecule has 0 amide bonds. The maximum absolute atomic E-state index is 2.32. The largest absolute Gasteiger partial charge is 0.870 e. The van der Waals surface area contributed by atoms with Crippen molar-refractivity contribution in [1.29, 1.82) is 0 Å². The molecule has 0 aliphatic carbocycles. The van der Waals surface area contributed by atoms with Crippen LogP contribution in [-0.4, -0.2) is 25.1 Å². The van der Waals surface area contributed by atoms with Crippen molar-refractivity contribution in [2.24, 2.45) is 0 Å². The van der Waals surface area contributed by atoms with E-state index in [4.69, 9.17) is 0 Å². The molecule has 0 radical (unpaired) electrons. The van der Waals surface area contributed by atoms with E-state index in [9.17, 15) is 0 Å². The lowest BCUT2D eigenvalue weighted by molar-refractivity contribution is 0.266. The Bertz CT molecular complexity index is 317. The van der Waals surface area contributed by atoms with Crippen LogP contribution in [0.25, 0.3) is 0 Å². The zero-order valence-electron chi connectivity index (χ0n) is 13.6. The monoisotopic (exact) mass is 279 g/mol. The highest BCUT2D eigenvalue weighted by molar-refractivity contribution is 5.42. The Morgan fingerprint density at radius 3 is 1.80 bits per heavy atom. The highest BCUT2D eigenvalue weighted by atomic mass is 16.0. The van der Waals surface area contributed by atoms with Gasteiger partial charge in [0.15, 0.2) is 0 Å². The van der Waals surface area contributed by atoms with Gasteiger partial charge in [0.2, 0.25) is 0 Å². The molecule has 0 aromatic heterocycles. The first-order valence-electron chi connectivity index (χ1n) is 8.20. The molecule has 0 saturated heterocycles. The van der Waals surface area contributed by atoms with Crippen LogP contribution in [0.3, 0.4) is 0 Å². The van der Waals surface area contributed by atoms with Crippen molar-refractivity contribution in [2.75, 3.05) is 19.6 Å². The molecule has 20 heavy (non-hydrogen) atoms. The van der Waals surface area contributed by atoms with E-state index in [-0.39, 0.29) is 5.48 Å². The Hall–Kier alpha value is -0.860. The van der Waals surface area contributed by atoms with Crippen LogP contribution in [0.2, 0.25) is 0 Å². The number of benzene rings is 1. The highest BCUT2D eigenvalue weighted by Crippen LogP contribution is 2.25. The minimum atomic E-state index is 0. The van der Waals surface area contributed by atoms with Crippen LogP contribution in [-0.2, 0) is 0 Å². The third kappa shape index (κ3) is 5.64. The molecule has 0 aliphatic rings. The van der Waals surface area contributed by atoms with Gasteiger partial charge in [-0.15, -0.1) is 0 Å². The molecule has 1 N–H and O–H groups in total. The smallest absolute Gasteiger partial charge is 0.132 e. The number of hydrogen-bond acceptors (Lipinski definition) is 1. The van der Waals surface area contributed by atoms with E-state index in [0.717, 1.165) is 0 Å². The summed E-state index contributed by atoms with van der Waals surface area (Å²) >= 11 is 0. The second kappa shape index (κ2) is 10.9. The van der Waals surface area contributed by atoms with Crippen LogP contribution < -0.4 is 4.48 Å². The molecule has 1 rings (SSSR count). The van der Waals surface area contributed by atoms with Gasteiger partial charge in [-0.1, -0.05) is 51.8 Å². The van der Waals surface area contributed by atoms with Crippen molar-refractivity contribution in [3.8, 4) is 0 Å². The lowest BCUT2D eigenvalue weighted by atomic mass is 10.1. The molecule has 0 spiro atoms. The average Bonchev–Trinajstić information content (AvgIpc) is 2.45. The number of nitrogens with zero attached hydrogens (tertiary/aromatic N) is 1. The molecule has 0 aliphatic heterocycles. The third-order valence-corrected chi connectivity index (χ3v) is 4.05. The number of unbranched alkanes of at least 4 members (excludes halogenated alkanes) is 3. The van der Waals surface area contributed by atoms with Crippen LogP contribution in [0.4, 0.5) is 5.69 Å². The van der Waals surface area contributed by atoms with Gasteiger partial charge in [-0.2, -0.15) is 0 Å². The van der Waals surface area contributed by atoms with E-state index in [1.165, 1.54) is 68.3 Å². The number of rotatable bonds is 10. The number of quaternary nitrogens is 1. The Morgan fingerprint density at radius 2 is 1.30 bits per heavy atom. The van der Waals surface area contributed by atoms with E-state index in [1.807, 2.05) is 0 Å². The molecule has 0 saturated carbocycles. The minimum Gasteiger partial charge on any atom is -0.870 e. The fourth-order valence-electron chi connectivity index (χ4n) is 3.16. The summed E-state index contributed by atoms with van der Waals surface area (Å²) in [6.45, 7) is 10.8. The molecule has 116 valence electrons. The van der Waals surface area contributed by atoms with Crippen molar-refractivity contribution in [1.82, 2.24) is 4.48 Å². The second-order valence-electron chi connectivity index (χ2n) is 5.71. The van der Waals surface area contributed by atoms with E-state index in [2.05, 4.69) is 51.1 Å². The number of hydrogen-bond donors (Lipinski definition) is 0. The molecule has 0 atom stereocenters. The number of para-hydroxylation sites is 1. The molecule has 0 fully saturated rings. The standard InChI is InChI=1S/C18H32N.H2O/c1-4-7-8-12-17-19(15-5-2,16-6-3)18-13-10-9-11-14-18;/h9-11,13-14H,4-8,12,15-17H2,1-3H3;1H2/q+1;/p-1. The van der Waals surface area contributed by atoms with Crippen LogP contribution >= 0.6 is 0 Å². The summed E-state index contributed by atoms with van der Waals surface area (Å²) in [7, 11) is 0. The highest BCUT2D eigenvalue weighted by Gasteiger charge is 2.27. The molecular formula is C18H33NO. The van der Waals surface area contributed by atoms with E-state index in [0.29, 0.717) is 0 Å². The lowest BCUT2D eigenvalue weighted by Gasteiger charge is -2.38. The Labute approximate surface area is 125 Å². The van der Waals surface area contributed by atoms with Crippen molar-refractivity contribution in [3.63, 3.8) is 0 Å². The van der Waals surface area contributed by atoms with Gasteiger partial charge in [0.05, 0.1) is 19.6 Å². The van der Waals surface area contributed by atoms with Gasteiger partial charge in [0.25, 0.3) is 0 Å². The maximum atomic E-state index is 2.32. The summed E-state index contributed by atoms with van der Waals surface area (Å²) in [6.07, 6.45) is 7.99. The molecule has 0 heterocycles.